The summed E-state index contributed by atoms with van der Waals surface area (Å²) in [6.45, 7) is 0. The Balaban J connectivity index is 1.75. The summed E-state index contributed by atoms with van der Waals surface area (Å²) in [4.78, 5) is 30.2. The molecule has 4 nitrogen and oxygen atoms in total. The molecular formula is C22H14ClFN2O2S. The highest BCUT2D eigenvalue weighted by Crippen LogP contribution is 2.23. The van der Waals surface area contributed by atoms with Gasteiger partial charge in [0.15, 0.2) is 10.9 Å². The fraction of sp³-hybridized carbons (Fsp3) is 0.0455. The van der Waals surface area contributed by atoms with Crippen molar-refractivity contribution in [1.82, 2.24) is 9.55 Å². The maximum Gasteiger partial charge on any atom is 0.266 e. The largest absolute Gasteiger partial charge is 0.293 e. The van der Waals surface area contributed by atoms with E-state index in [0.29, 0.717) is 32.3 Å². The molecule has 0 radical (unpaired) electrons. The fourth-order valence-corrected chi connectivity index (χ4v) is 3.91. The number of hydrogen-bond acceptors (Lipinski definition) is 4. The molecule has 0 atom stereocenters. The van der Waals surface area contributed by atoms with Gasteiger partial charge in [-0.1, -0.05) is 35.5 Å². The second kappa shape index (κ2) is 8.19. The van der Waals surface area contributed by atoms with E-state index in [0.717, 1.165) is 11.8 Å². The first-order valence-corrected chi connectivity index (χ1v) is 10.1. The van der Waals surface area contributed by atoms with E-state index >= 15 is 0 Å². The van der Waals surface area contributed by atoms with Crippen LogP contribution in [0, 0.1) is 5.82 Å². The van der Waals surface area contributed by atoms with E-state index < -0.39 is 5.82 Å². The van der Waals surface area contributed by atoms with Crippen LogP contribution in [0.2, 0.25) is 5.02 Å². The third kappa shape index (κ3) is 4.09. The van der Waals surface area contributed by atoms with Gasteiger partial charge in [0.05, 0.1) is 22.3 Å². The van der Waals surface area contributed by atoms with Crippen LogP contribution in [0.3, 0.4) is 0 Å². The molecule has 0 saturated carbocycles. The first-order valence-electron chi connectivity index (χ1n) is 8.72. The normalized spacial score (nSPS) is 11.0. The molecule has 0 saturated heterocycles. The predicted octanol–water partition coefficient (Wildman–Crippen LogP) is 5.15. The van der Waals surface area contributed by atoms with E-state index in [1.165, 1.54) is 28.8 Å². The lowest BCUT2D eigenvalue weighted by Gasteiger charge is -2.13. The Morgan fingerprint density at radius 2 is 1.69 bits per heavy atom. The molecule has 0 amide bonds. The molecule has 7 heteroatoms. The van der Waals surface area contributed by atoms with Crippen molar-refractivity contribution in [3.8, 4) is 5.69 Å². The topological polar surface area (TPSA) is 52.0 Å². The van der Waals surface area contributed by atoms with Crippen LogP contribution >= 0.6 is 23.4 Å². The lowest BCUT2D eigenvalue weighted by Crippen LogP contribution is -2.22. The summed E-state index contributed by atoms with van der Waals surface area (Å²) in [5.41, 5.74) is 1.27. The number of nitrogens with zero attached hydrogens (tertiary/aromatic N) is 2. The predicted molar refractivity (Wildman–Crippen MR) is 114 cm³/mol. The molecule has 3 aromatic carbocycles. The summed E-state index contributed by atoms with van der Waals surface area (Å²) in [6.07, 6.45) is 0. The number of para-hydroxylation sites is 1. The number of rotatable bonds is 5. The van der Waals surface area contributed by atoms with E-state index in [2.05, 4.69) is 4.98 Å². The number of thioether (sulfide) groups is 1. The third-order valence-electron chi connectivity index (χ3n) is 4.33. The van der Waals surface area contributed by atoms with E-state index in [4.69, 9.17) is 11.6 Å². The van der Waals surface area contributed by atoms with Gasteiger partial charge in [-0.3, -0.25) is 14.2 Å². The zero-order valence-corrected chi connectivity index (χ0v) is 16.6. The van der Waals surface area contributed by atoms with Gasteiger partial charge in [0.1, 0.15) is 5.82 Å². The van der Waals surface area contributed by atoms with Crippen molar-refractivity contribution in [3.05, 3.63) is 99.6 Å². The zero-order chi connectivity index (χ0) is 20.4. The summed E-state index contributed by atoms with van der Waals surface area (Å²) < 4.78 is 14.8. The van der Waals surface area contributed by atoms with Gasteiger partial charge in [0.2, 0.25) is 0 Å². The maximum absolute atomic E-state index is 13.4. The molecule has 4 rings (SSSR count). The minimum Gasteiger partial charge on any atom is -0.293 e. The molecule has 29 heavy (non-hydrogen) atoms. The molecule has 0 bridgehead atoms. The molecule has 144 valence electrons. The number of Topliss-reactive ketones (excluding diaryl/α,β-unsaturated/α-hetero) is 1. The fourth-order valence-electron chi connectivity index (χ4n) is 2.88. The summed E-state index contributed by atoms with van der Waals surface area (Å²) in [6, 6.07) is 19.2. The molecule has 1 heterocycles. The Hall–Kier alpha value is -2.96. The van der Waals surface area contributed by atoms with Crippen LogP contribution in [0.25, 0.3) is 16.6 Å². The van der Waals surface area contributed by atoms with Crippen molar-refractivity contribution >= 4 is 40.0 Å². The Bertz CT molecular complexity index is 1250. The molecule has 0 aliphatic carbocycles. The van der Waals surface area contributed by atoms with E-state index in [1.807, 2.05) is 0 Å². The maximum atomic E-state index is 13.4. The number of fused-ring (bicyclic) bond motifs is 1. The first kappa shape index (κ1) is 19.4. The zero-order valence-electron chi connectivity index (χ0n) is 15.0. The highest BCUT2D eigenvalue weighted by Gasteiger charge is 2.15. The lowest BCUT2D eigenvalue weighted by molar-refractivity contribution is 0.102. The minimum absolute atomic E-state index is 0.0909. The second-order valence-corrected chi connectivity index (χ2v) is 7.63. The smallest absolute Gasteiger partial charge is 0.266 e. The van der Waals surface area contributed by atoms with Crippen molar-refractivity contribution in [2.24, 2.45) is 0 Å². The SMILES string of the molecule is O=C(CSc1nc2ccccc2c(=O)n1-c1ccc(F)cc1)c1ccc(Cl)cc1. The number of halogens is 2. The molecule has 0 unspecified atom stereocenters. The number of ketones is 1. The number of hydrogen-bond donors (Lipinski definition) is 0. The summed E-state index contributed by atoms with van der Waals surface area (Å²) in [5.74, 6) is -0.421. The average Bonchev–Trinajstić information content (AvgIpc) is 2.73. The van der Waals surface area contributed by atoms with Gasteiger partial charge in [0, 0.05) is 10.6 Å². The molecule has 0 fully saturated rings. The quantitative estimate of drug-likeness (QED) is 0.252. The summed E-state index contributed by atoms with van der Waals surface area (Å²) in [5, 5.41) is 1.36. The Morgan fingerprint density at radius 1 is 1.00 bits per heavy atom. The van der Waals surface area contributed by atoms with Gasteiger partial charge in [-0.25, -0.2) is 9.37 Å². The molecular weight excluding hydrogens is 411 g/mol. The van der Waals surface area contributed by atoms with E-state index in [-0.39, 0.29) is 17.1 Å². The Labute approximate surface area is 175 Å². The Morgan fingerprint density at radius 3 is 2.41 bits per heavy atom. The van der Waals surface area contributed by atoms with Gasteiger partial charge in [-0.2, -0.15) is 0 Å². The highest BCUT2D eigenvalue weighted by atomic mass is 35.5. The van der Waals surface area contributed by atoms with Gasteiger partial charge in [0.25, 0.3) is 5.56 Å². The van der Waals surface area contributed by atoms with Crippen LogP contribution in [0.5, 0.6) is 0 Å². The number of carbonyl (C=O) groups excluding carboxylic acids is 1. The Kier molecular flexibility index (Phi) is 5.47. The van der Waals surface area contributed by atoms with Gasteiger partial charge in [-0.15, -0.1) is 0 Å². The monoisotopic (exact) mass is 424 g/mol. The van der Waals surface area contributed by atoms with Crippen molar-refractivity contribution in [2.75, 3.05) is 5.75 Å². The molecule has 4 aromatic rings. The van der Waals surface area contributed by atoms with Gasteiger partial charge < -0.3 is 0 Å². The van der Waals surface area contributed by atoms with Gasteiger partial charge >= 0.3 is 0 Å². The molecule has 1 aromatic heterocycles. The number of carbonyl (C=O) groups is 1. The average molecular weight is 425 g/mol. The molecule has 0 spiro atoms. The van der Waals surface area contributed by atoms with Crippen molar-refractivity contribution in [2.45, 2.75) is 5.16 Å². The highest BCUT2D eigenvalue weighted by molar-refractivity contribution is 7.99. The first-order chi connectivity index (χ1) is 14.0. The molecule has 0 aliphatic heterocycles. The van der Waals surface area contributed by atoms with Gasteiger partial charge in [-0.05, 0) is 60.7 Å². The number of benzene rings is 3. The van der Waals surface area contributed by atoms with Crippen LogP contribution in [-0.4, -0.2) is 21.1 Å². The van der Waals surface area contributed by atoms with E-state index in [9.17, 15) is 14.0 Å². The van der Waals surface area contributed by atoms with Crippen LogP contribution in [0.15, 0.2) is 82.7 Å². The van der Waals surface area contributed by atoms with Crippen LogP contribution in [0.1, 0.15) is 10.4 Å². The third-order valence-corrected chi connectivity index (χ3v) is 5.52. The summed E-state index contributed by atoms with van der Waals surface area (Å²) >= 11 is 7.03. The van der Waals surface area contributed by atoms with Crippen molar-refractivity contribution in [1.29, 1.82) is 0 Å². The standard InChI is InChI=1S/C22H14ClFN2O2S/c23-15-7-5-14(6-8-15)20(27)13-29-22-25-19-4-2-1-3-18(19)21(28)26(22)17-11-9-16(24)10-12-17/h1-12H,13H2. The van der Waals surface area contributed by atoms with Crippen LogP contribution < -0.4 is 5.56 Å². The van der Waals surface area contributed by atoms with E-state index in [1.54, 1.807) is 48.5 Å². The summed E-state index contributed by atoms with van der Waals surface area (Å²) in [7, 11) is 0. The second-order valence-electron chi connectivity index (χ2n) is 6.25. The van der Waals surface area contributed by atoms with Crippen LogP contribution in [0.4, 0.5) is 4.39 Å². The lowest BCUT2D eigenvalue weighted by atomic mass is 10.1. The van der Waals surface area contributed by atoms with Crippen molar-refractivity contribution in [3.63, 3.8) is 0 Å². The molecule has 0 aliphatic rings. The van der Waals surface area contributed by atoms with Crippen molar-refractivity contribution < 1.29 is 9.18 Å². The number of aromatic nitrogens is 2. The van der Waals surface area contributed by atoms with Crippen LogP contribution in [-0.2, 0) is 0 Å². The minimum atomic E-state index is -0.400. The molecule has 0 N–H and O–H groups in total.